The first kappa shape index (κ1) is 16.5. The number of aromatic nitrogens is 2. The molecule has 3 aromatic rings. The summed E-state index contributed by atoms with van der Waals surface area (Å²) in [7, 11) is 0. The van der Waals surface area contributed by atoms with Crippen molar-refractivity contribution in [3.63, 3.8) is 0 Å². The summed E-state index contributed by atoms with van der Waals surface area (Å²) in [5, 5.41) is 10.8. The zero-order valence-corrected chi connectivity index (χ0v) is 14.4. The summed E-state index contributed by atoms with van der Waals surface area (Å²) in [6.07, 6.45) is 7.20. The lowest BCUT2D eigenvalue weighted by atomic mass is 10.0. The molecule has 26 heavy (non-hydrogen) atoms. The van der Waals surface area contributed by atoms with Gasteiger partial charge in [0.2, 0.25) is 0 Å². The molecule has 1 aliphatic heterocycles. The Labute approximate surface area is 152 Å². The molecule has 0 atom stereocenters. The summed E-state index contributed by atoms with van der Waals surface area (Å²) in [4.78, 5) is 21.2. The standard InChI is InChI=1S/C20H21N5O/c26-20(25-15-3-1-9-22-13-15)17-5-6-18(16-4-2-10-23-19(16)17)24-14-7-11-21-12-8-14/h1-6,9-10,13-14,21,24H,7-8,11-12H2,(H,25,26). The Morgan fingerprint density at radius 3 is 2.73 bits per heavy atom. The van der Waals surface area contributed by atoms with Crippen molar-refractivity contribution in [3.8, 4) is 0 Å². The number of amides is 1. The fourth-order valence-electron chi connectivity index (χ4n) is 3.30. The van der Waals surface area contributed by atoms with Crippen LogP contribution in [-0.4, -0.2) is 35.0 Å². The summed E-state index contributed by atoms with van der Waals surface area (Å²) >= 11 is 0. The van der Waals surface area contributed by atoms with E-state index in [1.165, 1.54) is 0 Å². The predicted molar refractivity (Wildman–Crippen MR) is 103 cm³/mol. The Bertz CT molecular complexity index is 906. The van der Waals surface area contributed by atoms with Crippen molar-refractivity contribution in [2.75, 3.05) is 23.7 Å². The molecule has 3 heterocycles. The van der Waals surface area contributed by atoms with Crippen LogP contribution in [0.3, 0.4) is 0 Å². The largest absolute Gasteiger partial charge is 0.382 e. The summed E-state index contributed by atoms with van der Waals surface area (Å²) < 4.78 is 0. The molecular formula is C20H21N5O. The fourth-order valence-corrected chi connectivity index (χ4v) is 3.30. The molecule has 1 saturated heterocycles. The van der Waals surface area contributed by atoms with E-state index < -0.39 is 0 Å². The summed E-state index contributed by atoms with van der Waals surface area (Å²) in [6.45, 7) is 2.05. The number of nitrogens with one attached hydrogen (secondary N) is 3. The van der Waals surface area contributed by atoms with E-state index in [4.69, 9.17) is 0 Å². The maximum atomic E-state index is 12.7. The van der Waals surface area contributed by atoms with Crippen LogP contribution in [-0.2, 0) is 0 Å². The first-order valence-electron chi connectivity index (χ1n) is 8.87. The van der Waals surface area contributed by atoms with E-state index in [-0.39, 0.29) is 5.91 Å². The van der Waals surface area contributed by atoms with Crippen molar-refractivity contribution in [1.29, 1.82) is 0 Å². The minimum Gasteiger partial charge on any atom is -0.382 e. The van der Waals surface area contributed by atoms with Gasteiger partial charge in [-0.3, -0.25) is 14.8 Å². The van der Waals surface area contributed by atoms with Gasteiger partial charge >= 0.3 is 0 Å². The lowest BCUT2D eigenvalue weighted by Gasteiger charge is -2.25. The van der Waals surface area contributed by atoms with Crippen molar-refractivity contribution in [2.45, 2.75) is 18.9 Å². The van der Waals surface area contributed by atoms with Gasteiger partial charge in [0.05, 0.1) is 23.0 Å². The van der Waals surface area contributed by atoms with Gasteiger partial charge in [-0.1, -0.05) is 0 Å². The Morgan fingerprint density at radius 1 is 1.08 bits per heavy atom. The Kier molecular flexibility index (Phi) is 4.75. The van der Waals surface area contributed by atoms with Gasteiger partial charge in [-0.25, -0.2) is 0 Å². The molecule has 6 heteroatoms. The van der Waals surface area contributed by atoms with Crippen LogP contribution >= 0.6 is 0 Å². The molecule has 4 rings (SSSR count). The van der Waals surface area contributed by atoms with Crippen LogP contribution in [0, 0.1) is 0 Å². The van der Waals surface area contributed by atoms with E-state index in [9.17, 15) is 4.79 Å². The summed E-state index contributed by atoms with van der Waals surface area (Å²) in [6, 6.07) is 11.8. The zero-order chi connectivity index (χ0) is 17.8. The number of benzene rings is 1. The SMILES string of the molecule is O=C(Nc1cccnc1)c1ccc(NC2CCNCC2)c2cccnc12. The van der Waals surface area contributed by atoms with Crippen LogP contribution in [0.5, 0.6) is 0 Å². The third-order valence-corrected chi connectivity index (χ3v) is 4.63. The normalized spacial score (nSPS) is 14.9. The summed E-state index contributed by atoms with van der Waals surface area (Å²) in [5.74, 6) is -0.185. The molecule has 1 fully saturated rings. The third kappa shape index (κ3) is 3.50. The molecule has 3 N–H and O–H groups in total. The minimum absolute atomic E-state index is 0.185. The van der Waals surface area contributed by atoms with Crippen molar-refractivity contribution < 1.29 is 4.79 Å². The predicted octanol–water partition coefficient (Wildman–Crippen LogP) is 3.05. The topological polar surface area (TPSA) is 78.9 Å². The highest BCUT2D eigenvalue weighted by molar-refractivity contribution is 6.13. The van der Waals surface area contributed by atoms with Gasteiger partial charge in [0.1, 0.15) is 0 Å². The smallest absolute Gasteiger partial charge is 0.257 e. The molecule has 0 aliphatic carbocycles. The van der Waals surface area contributed by atoms with Gasteiger partial charge in [-0.2, -0.15) is 0 Å². The molecule has 132 valence electrons. The monoisotopic (exact) mass is 347 g/mol. The first-order valence-corrected chi connectivity index (χ1v) is 8.87. The molecule has 1 amide bonds. The number of rotatable bonds is 4. The van der Waals surface area contributed by atoms with Crippen LogP contribution < -0.4 is 16.0 Å². The Balaban J connectivity index is 1.64. The van der Waals surface area contributed by atoms with Crippen LogP contribution in [0.2, 0.25) is 0 Å². The van der Waals surface area contributed by atoms with E-state index in [0.717, 1.165) is 37.0 Å². The van der Waals surface area contributed by atoms with E-state index in [1.54, 1.807) is 24.7 Å². The highest BCUT2D eigenvalue weighted by atomic mass is 16.1. The molecule has 0 spiro atoms. The third-order valence-electron chi connectivity index (χ3n) is 4.63. The molecule has 6 nitrogen and oxygen atoms in total. The minimum atomic E-state index is -0.185. The van der Waals surface area contributed by atoms with Gasteiger partial charge in [-0.05, 0) is 62.3 Å². The molecule has 0 radical (unpaired) electrons. The van der Waals surface area contributed by atoms with Gasteiger partial charge in [0.25, 0.3) is 5.91 Å². The van der Waals surface area contributed by atoms with E-state index >= 15 is 0 Å². The number of fused-ring (bicyclic) bond motifs is 1. The lowest BCUT2D eigenvalue weighted by Crippen LogP contribution is -2.35. The molecule has 0 unspecified atom stereocenters. The van der Waals surface area contributed by atoms with E-state index in [1.807, 2.05) is 30.3 Å². The van der Waals surface area contributed by atoms with Crippen molar-refractivity contribution >= 4 is 28.2 Å². The van der Waals surface area contributed by atoms with Gasteiger partial charge < -0.3 is 16.0 Å². The number of nitrogens with zero attached hydrogens (tertiary/aromatic N) is 2. The quantitative estimate of drug-likeness (QED) is 0.676. The second-order valence-corrected chi connectivity index (χ2v) is 6.42. The number of carbonyl (C=O) groups is 1. The number of anilines is 2. The van der Waals surface area contributed by atoms with Crippen LogP contribution in [0.4, 0.5) is 11.4 Å². The molecule has 2 aromatic heterocycles. The van der Waals surface area contributed by atoms with Crippen LogP contribution in [0.1, 0.15) is 23.2 Å². The van der Waals surface area contributed by atoms with Crippen LogP contribution in [0.25, 0.3) is 10.9 Å². The first-order chi connectivity index (χ1) is 12.8. The zero-order valence-electron chi connectivity index (χ0n) is 14.4. The molecule has 1 aromatic carbocycles. The maximum Gasteiger partial charge on any atom is 0.257 e. The molecule has 1 aliphatic rings. The van der Waals surface area contributed by atoms with Gasteiger partial charge in [-0.15, -0.1) is 0 Å². The van der Waals surface area contributed by atoms with Crippen molar-refractivity contribution in [3.05, 3.63) is 60.6 Å². The molecule has 0 bridgehead atoms. The average molecular weight is 347 g/mol. The Morgan fingerprint density at radius 2 is 1.92 bits per heavy atom. The second kappa shape index (κ2) is 7.49. The number of pyridine rings is 2. The molecule has 0 saturated carbocycles. The van der Waals surface area contributed by atoms with E-state index in [0.29, 0.717) is 22.8 Å². The highest BCUT2D eigenvalue weighted by Gasteiger charge is 2.17. The number of hydrogen-bond donors (Lipinski definition) is 3. The van der Waals surface area contributed by atoms with Gasteiger partial charge in [0, 0.05) is 29.5 Å². The van der Waals surface area contributed by atoms with Gasteiger partial charge in [0.15, 0.2) is 0 Å². The van der Waals surface area contributed by atoms with Crippen LogP contribution in [0.15, 0.2) is 55.0 Å². The fraction of sp³-hybridized carbons (Fsp3) is 0.250. The number of hydrogen-bond acceptors (Lipinski definition) is 5. The number of piperidine rings is 1. The van der Waals surface area contributed by atoms with Crippen molar-refractivity contribution in [2.24, 2.45) is 0 Å². The van der Waals surface area contributed by atoms with Crippen molar-refractivity contribution in [1.82, 2.24) is 15.3 Å². The second-order valence-electron chi connectivity index (χ2n) is 6.42. The van der Waals surface area contributed by atoms with E-state index in [2.05, 4.69) is 25.9 Å². The average Bonchev–Trinajstić information content (AvgIpc) is 2.70. The lowest BCUT2D eigenvalue weighted by molar-refractivity contribution is 0.102. The Hall–Kier alpha value is -2.99. The number of carbonyl (C=O) groups excluding carboxylic acids is 1. The maximum absolute atomic E-state index is 12.7. The highest BCUT2D eigenvalue weighted by Crippen LogP contribution is 2.27. The summed E-state index contributed by atoms with van der Waals surface area (Å²) in [5.41, 5.74) is 2.95. The molecular weight excluding hydrogens is 326 g/mol.